The number of pyridine rings is 2. The van der Waals surface area contributed by atoms with Crippen LogP contribution >= 0.6 is 0 Å². The number of anilines is 2. The van der Waals surface area contributed by atoms with Crippen molar-refractivity contribution in [3.63, 3.8) is 0 Å². The standard InChI is InChI=1S/C33H32F3N7O2/c1-2-21-23(35)14-38-24-12-19(37)11-22(25(21)24)28-27(36)29-26-30(43-10-5-3-4-7-20(43)16-44-31(26)39-28)41-32(40-29)45-17-33-8-6-9-42(33)15-18(34)13-33/h1,11-12,14,18,20H,3-10,13,15-17,37H2/t18-,20+,33+/m1/s1. The molecule has 0 spiro atoms. The lowest BCUT2D eigenvalue weighted by Crippen LogP contribution is -2.43. The number of ether oxygens (including phenoxy) is 2. The van der Waals surface area contributed by atoms with Gasteiger partial charge in [0.25, 0.3) is 0 Å². The highest BCUT2D eigenvalue weighted by atomic mass is 19.1. The summed E-state index contributed by atoms with van der Waals surface area (Å²) in [7, 11) is 0. The van der Waals surface area contributed by atoms with Crippen molar-refractivity contribution in [1.29, 1.82) is 0 Å². The summed E-state index contributed by atoms with van der Waals surface area (Å²) in [6, 6.07) is 3.04. The Bertz CT molecular complexity index is 1900. The van der Waals surface area contributed by atoms with Crippen molar-refractivity contribution in [2.75, 3.05) is 43.5 Å². The van der Waals surface area contributed by atoms with Crippen LogP contribution in [0.2, 0.25) is 0 Å². The molecule has 232 valence electrons. The van der Waals surface area contributed by atoms with Crippen molar-refractivity contribution in [2.24, 2.45) is 0 Å². The second kappa shape index (κ2) is 10.6. The molecule has 0 radical (unpaired) electrons. The molecular weight excluding hydrogens is 583 g/mol. The molecule has 8 rings (SSSR count). The Morgan fingerprint density at radius 2 is 2.00 bits per heavy atom. The molecule has 0 saturated carbocycles. The molecule has 12 heteroatoms. The highest BCUT2D eigenvalue weighted by Gasteiger charge is 2.49. The first kappa shape index (κ1) is 28.1. The maximum absolute atomic E-state index is 16.9. The number of hydrogen-bond acceptors (Lipinski definition) is 9. The number of alkyl halides is 1. The summed E-state index contributed by atoms with van der Waals surface area (Å²) in [5.74, 6) is 1.54. The van der Waals surface area contributed by atoms with Gasteiger partial charge in [0, 0.05) is 36.1 Å². The topological polar surface area (TPSA) is 103 Å². The van der Waals surface area contributed by atoms with Gasteiger partial charge in [-0.1, -0.05) is 18.8 Å². The Morgan fingerprint density at radius 1 is 1.11 bits per heavy atom. The summed E-state index contributed by atoms with van der Waals surface area (Å²) in [5.41, 5.74) is 6.25. The Hall–Kier alpha value is -4.37. The van der Waals surface area contributed by atoms with E-state index in [4.69, 9.17) is 26.6 Å². The molecular formula is C33H32F3N7O2. The quantitative estimate of drug-likeness (QED) is 0.246. The number of fused-ring (bicyclic) bond motifs is 4. The molecule has 0 amide bonds. The predicted molar refractivity (Wildman–Crippen MR) is 164 cm³/mol. The summed E-state index contributed by atoms with van der Waals surface area (Å²) >= 11 is 0. The number of rotatable bonds is 4. The van der Waals surface area contributed by atoms with E-state index in [0.29, 0.717) is 42.8 Å². The van der Waals surface area contributed by atoms with Crippen molar-refractivity contribution in [3.05, 3.63) is 35.5 Å². The molecule has 3 aromatic heterocycles. The van der Waals surface area contributed by atoms with Gasteiger partial charge in [-0.05, 0) is 44.4 Å². The van der Waals surface area contributed by atoms with Gasteiger partial charge in [0.2, 0.25) is 5.88 Å². The van der Waals surface area contributed by atoms with Gasteiger partial charge in [0.1, 0.15) is 41.8 Å². The zero-order valence-corrected chi connectivity index (χ0v) is 24.7. The minimum atomic E-state index is -0.917. The Labute approximate surface area is 257 Å². The normalized spacial score (nSPS) is 24.5. The van der Waals surface area contributed by atoms with E-state index in [9.17, 15) is 8.78 Å². The third-order valence-corrected chi connectivity index (χ3v) is 9.85. The highest BCUT2D eigenvalue weighted by molar-refractivity contribution is 6.03. The van der Waals surface area contributed by atoms with E-state index in [0.717, 1.165) is 51.3 Å². The fraction of sp³-hybridized carbons (Fsp3) is 0.455. The van der Waals surface area contributed by atoms with Gasteiger partial charge in [-0.15, -0.1) is 6.42 Å². The number of benzene rings is 1. The molecule has 7 heterocycles. The largest absolute Gasteiger partial charge is 0.475 e. The molecule has 9 nitrogen and oxygen atoms in total. The van der Waals surface area contributed by atoms with Crippen LogP contribution in [0.15, 0.2) is 18.3 Å². The molecule has 3 atom stereocenters. The van der Waals surface area contributed by atoms with Crippen LogP contribution in [0.4, 0.5) is 24.7 Å². The third kappa shape index (κ3) is 4.50. The van der Waals surface area contributed by atoms with Crippen molar-refractivity contribution in [2.45, 2.75) is 62.7 Å². The first-order valence-corrected chi connectivity index (χ1v) is 15.5. The van der Waals surface area contributed by atoms with Gasteiger partial charge in [0.05, 0.1) is 28.9 Å². The van der Waals surface area contributed by atoms with Crippen LogP contribution in [0.1, 0.15) is 50.5 Å². The average Bonchev–Trinajstić information content (AvgIpc) is 3.38. The smallest absolute Gasteiger partial charge is 0.319 e. The number of halogens is 3. The first-order valence-electron chi connectivity index (χ1n) is 15.5. The number of nitrogen functional groups attached to an aromatic ring is 1. The lowest BCUT2D eigenvalue weighted by Gasteiger charge is -2.31. The molecule has 4 aromatic rings. The number of terminal acetylenes is 1. The van der Waals surface area contributed by atoms with Gasteiger partial charge in [-0.3, -0.25) is 9.88 Å². The van der Waals surface area contributed by atoms with Crippen molar-refractivity contribution < 1.29 is 22.6 Å². The fourth-order valence-electron chi connectivity index (χ4n) is 7.76. The van der Waals surface area contributed by atoms with E-state index in [-0.39, 0.29) is 58.0 Å². The van der Waals surface area contributed by atoms with E-state index in [1.54, 1.807) is 6.07 Å². The summed E-state index contributed by atoms with van der Waals surface area (Å²) in [6.07, 6.45) is 11.9. The average molecular weight is 616 g/mol. The molecule has 2 N–H and O–H groups in total. The molecule has 45 heavy (non-hydrogen) atoms. The lowest BCUT2D eigenvalue weighted by molar-refractivity contribution is 0.107. The summed E-state index contributed by atoms with van der Waals surface area (Å²) in [5, 5.41) is 0.549. The second-order valence-electron chi connectivity index (χ2n) is 12.6. The third-order valence-electron chi connectivity index (χ3n) is 9.85. The molecule has 3 saturated heterocycles. The van der Waals surface area contributed by atoms with Crippen LogP contribution in [-0.4, -0.2) is 75.4 Å². The Morgan fingerprint density at radius 3 is 2.87 bits per heavy atom. The minimum absolute atomic E-state index is 0.00221. The van der Waals surface area contributed by atoms with Crippen molar-refractivity contribution in [1.82, 2.24) is 24.8 Å². The molecule has 0 aliphatic carbocycles. The predicted octanol–water partition coefficient (Wildman–Crippen LogP) is 5.18. The van der Waals surface area contributed by atoms with Crippen LogP contribution in [0.3, 0.4) is 0 Å². The zero-order chi connectivity index (χ0) is 30.9. The molecule has 3 fully saturated rings. The second-order valence-corrected chi connectivity index (χ2v) is 12.6. The number of hydrogen-bond donors (Lipinski definition) is 1. The van der Waals surface area contributed by atoms with Crippen LogP contribution in [-0.2, 0) is 0 Å². The Kier molecular flexibility index (Phi) is 6.64. The monoisotopic (exact) mass is 615 g/mol. The Balaban J connectivity index is 1.33. The first-order chi connectivity index (χ1) is 21.8. The minimum Gasteiger partial charge on any atom is -0.475 e. The van der Waals surface area contributed by atoms with Gasteiger partial charge >= 0.3 is 6.01 Å². The van der Waals surface area contributed by atoms with E-state index in [2.05, 4.69) is 30.7 Å². The van der Waals surface area contributed by atoms with Crippen molar-refractivity contribution in [3.8, 4) is 35.5 Å². The molecule has 4 aliphatic heterocycles. The molecule has 0 unspecified atom stereocenters. The van der Waals surface area contributed by atoms with E-state index in [1.807, 2.05) is 0 Å². The van der Waals surface area contributed by atoms with Gasteiger partial charge < -0.3 is 20.1 Å². The summed E-state index contributed by atoms with van der Waals surface area (Å²) < 4.78 is 58.8. The molecule has 1 aromatic carbocycles. The van der Waals surface area contributed by atoms with E-state index in [1.165, 1.54) is 6.07 Å². The highest BCUT2D eigenvalue weighted by Crippen LogP contribution is 2.44. The SMILES string of the molecule is C#Cc1c(F)cnc2cc(N)cc(-c3nc4c5c(nc(OC[C@@]67CCCN6C[C@H](F)C7)nc5c3F)N3CCCCC[C@H]3CO4)c12. The summed E-state index contributed by atoms with van der Waals surface area (Å²) in [6.45, 7) is 2.42. The maximum atomic E-state index is 16.9. The maximum Gasteiger partial charge on any atom is 0.319 e. The van der Waals surface area contributed by atoms with Gasteiger partial charge in [0.15, 0.2) is 11.6 Å². The fourth-order valence-corrected chi connectivity index (χ4v) is 7.76. The van der Waals surface area contributed by atoms with E-state index >= 15 is 4.39 Å². The number of nitrogens with two attached hydrogens (primary N) is 1. The number of nitrogens with zero attached hydrogens (tertiary/aromatic N) is 6. The van der Waals surface area contributed by atoms with E-state index < -0.39 is 23.3 Å². The number of aromatic nitrogens is 4. The van der Waals surface area contributed by atoms with Crippen LogP contribution in [0, 0.1) is 24.0 Å². The van der Waals surface area contributed by atoms with Gasteiger partial charge in [-0.25, -0.2) is 18.2 Å². The van der Waals surface area contributed by atoms with Gasteiger partial charge in [-0.2, -0.15) is 9.97 Å². The zero-order valence-electron chi connectivity index (χ0n) is 24.7. The molecule has 0 bridgehead atoms. The van der Waals surface area contributed by atoms with Crippen LogP contribution in [0.25, 0.3) is 33.1 Å². The van der Waals surface area contributed by atoms with Crippen molar-refractivity contribution >= 4 is 33.3 Å². The van der Waals surface area contributed by atoms with Crippen LogP contribution < -0.4 is 20.1 Å². The summed E-state index contributed by atoms with van der Waals surface area (Å²) in [4.78, 5) is 22.6. The van der Waals surface area contributed by atoms with Crippen LogP contribution in [0.5, 0.6) is 11.9 Å². The molecule has 4 aliphatic rings. The lowest BCUT2D eigenvalue weighted by atomic mass is 9.95.